The Morgan fingerprint density at radius 1 is 1.03 bits per heavy atom. The number of piperazine rings is 1. The van der Waals surface area contributed by atoms with Gasteiger partial charge in [-0.3, -0.25) is 4.79 Å². The Balaban J connectivity index is 1.62. The average molecular weight is 437 g/mol. The van der Waals surface area contributed by atoms with E-state index in [1.165, 1.54) is 4.31 Å². The minimum atomic E-state index is -3.55. The zero-order valence-corrected chi connectivity index (χ0v) is 18.1. The van der Waals surface area contributed by atoms with Crippen LogP contribution in [0.5, 0.6) is 5.75 Å². The molecule has 2 aromatic rings. The average Bonchev–Trinajstić information content (AvgIpc) is 2.73. The Morgan fingerprint density at radius 3 is 2.17 bits per heavy atom. The van der Waals surface area contributed by atoms with Gasteiger partial charge in [0, 0.05) is 31.2 Å². The lowest BCUT2D eigenvalue weighted by Gasteiger charge is -2.35. The molecule has 29 heavy (non-hydrogen) atoms. The molecule has 3 rings (SSSR count). The molecule has 0 radical (unpaired) electrons. The van der Waals surface area contributed by atoms with E-state index in [0.29, 0.717) is 30.3 Å². The first-order valence-corrected chi connectivity index (χ1v) is 11.4. The zero-order valence-electron chi connectivity index (χ0n) is 16.5. The fourth-order valence-electron chi connectivity index (χ4n) is 3.20. The fourth-order valence-corrected chi connectivity index (χ4v) is 4.75. The third kappa shape index (κ3) is 5.10. The Labute approximate surface area is 177 Å². The highest BCUT2D eigenvalue weighted by Crippen LogP contribution is 2.21. The largest absolute Gasteiger partial charge is 0.481 e. The lowest BCUT2D eigenvalue weighted by molar-refractivity contribution is -0.140. The lowest BCUT2D eigenvalue weighted by Crippen LogP contribution is -2.53. The normalized spacial score (nSPS) is 16.4. The predicted octanol–water partition coefficient (Wildman–Crippen LogP) is 3.34. The number of hydrogen-bond acceptors (Lipinski definition) is 4. The number of halogens is 1. The van der Waals surface area contributed by atoms with E-state index < -0.39 is 16.1 Å². The zero-order chi connectivity index (χ0) is 21.0. The number of benzene rings is 2. The van der Waals surface area contributed by atoms with Gasteiger partial charge in [-0.05, 0) is 49.7 Å². The Hall–Kier alpha value is -2.09. The molecule has 1 unspecified atom stereocenters. The van der Waals surface area contributed by atoms with Crippen molar-refractivity contribution in [2.24, 2.45) is 0 Å². The molecule has 0 saturated carbocycles. The van der Waals surface area contributed by atoms with Crippen LogP contribution in [-0.2, 0) is 14.8 Å². The van der Waals surface area contributed by atoms with Crippen LogP contribution in [0.4, 0.5) is 0 Å². The van der Waals surface area contributed by atoms with Gasteiger partial charge < -0.3 is 9.64 Å². The molecule has 1 amide bonds. The van der Waals surface area contributed by atoms with Crippen molar-refractivity contribution in [1.82, 2.24) is 9.21 Å². The van der Waals surface area contributed by atoms with E-state index in [2.05, 4.69) is 0 Å². The molecule has 1 aliphatic heterocycles. The standard InChI is InChI=1S/C21H25ClN2O4S/c1-3-20(28-18-8-6-17(22)7-9-18)21(25)23-12-14-24(15-13-23)29(26,27)19-10-4-16(2)5-11-19/h4-11,20H,3,12-15H2,1-2H3. The smallest absolute Gasteiger partial charge is 0.263 e. The van der Waals surface area contributed by atoms with E-state index in [0.717, 1.165) is 5.56 Å². The van der Waals surface area contributed by atoms with Crippen LogP contribution in [0.15, 0.2) is 53.4 Å². The van der Waals surface area contributed by atoms with Gasteiger partial charge in [0.15, 0.2) is 6.10 Å². The third-order valence-corrected chi connectivity index (χ3v) is 7.11. The summed E-state index contributed by atoms with van der Waals surface area (Å²) in [5.41, 5.74) is 1.01. The highest BCUT2D eigenvalue weighted by molar-refractivity contribution is 7.89. The summed E-state index contributed by atoms with van der Waals surface area (Å²) >= 11 is 5.88. The highest BCUT2D eigenvalue weighted by atomic mass is 35.5. The minimum Gasteiger partial charge on any atom is -0.481 e. The maximum absolute atomic E-state index is 12.9. The van der Waals surface area contributed by atoms with E-state index in [9.17, 15) is 13.2 Å². The summed E-state index contributed by atoms with van der Waals surface area (Å²) in [6, 6.07) is 13.7. The SMILES string of the molecule is CCC(Oc1ccc(Cl)cc1)C(=O)N1CCN(S(=O)(=O)c2ccc(C)cc2)CC1. The van der Waals surface area contributed by atoms with E-state index in [1.807, 2.05) is 13.8 Å². The number of nitrogens with zero attached hydrogens (tertiary/aromatic N) is 2. The van der Waals surface area contributed by atoms with E-state index in [-0.39, 0.29) is 23.9 Å². The lowest BCUT2D eigenvalue weighted by atomic mass is 10.2. The number of carbonyl (C=O) groups excluding carboxylic acids is 1. The van der Waals surface area contributed by atoms with Gasteiger partial charge in [-0.1, -0.05) is 36.2 Å². The Morgan fingerprint density at radius 2 is 1.62 bits per heavy atom. The Bertz CT molecular complexity index is 938. The molecule has 1 fully saturated rings. The maximum atomic E-state index is 12.9. The van der Waals surface area contributed by atoms with Crippen molar-refractivity contribution in [1.29, 1.82) is 0 Å². The van der Waals surface area contributed by atoms with Gasteiger partial charge in [0.25, 0.3) is 5.91 Å². The van der Waals surface area contributed by atoms with Crippen LogP contribution in [0.2, 0.25) is 5.02 Å². The summed E-state index contributed by atoms with van der Waals surface area (Å²) in [7, 11) is -3.55. The quantitative estimate of drug-likeness (QED) is 0.696. The second-order valence-corrected chi connectivity index (χ2v) is 9.39. The minimum absolute atomic E-state index is 0.130. The van der Waals surface area contributed by atoms with Crippen LogP contribution in [0.3, 0.4) is 0 Å². The van der Waals surface area contributed by atoms with Crippen LogP contribution in [0, 0.1) is 6.92 Å². The van der Waals surface area contributed by atoms with Crippen molar-refractivity contribution in [2.75, 3.05) is 26.2 Å². The van der Waals surface area contributed by atoms with Gasteiger partial charge in [-0.15, -0.1) is 0 Å². The molecular weight excluding hydrogens is 412 g/mol. The number of hydrogen-bond donors (Lipinski definition) is 0. The fraction of sp³-hybridized carbons (Fsp3) is 0.381. The first-order valence-electron chi connectivity index (χ1n) is 9.59. The molecule has 0 aliphatic carbocycles. The number of ether oxygens (including phenoxy) is 1. The van der Waals surface area contributed by atoms with E-state index in [4.69, 9.17) is 16.3 Å². The van der Waals surface area contributed by atoms with Crippen LogP contribution >= 0.6 is 11.6 Å². The molecule has 6 nitrogen and oxygen atoms in total. The van der Waals surface area contributed by atoms with Gasteiger partial charge in [0.05, 0.1) is 4.90 Å². The van der Waals surface area contributed by atoms with Crippen LogP contribution in [0.25, 0.3) is 0 Å². The number of aryl methyl sites for hydroxylation is 1. The van der Waals surface area contributed by atoms with Crippen molar-refractivity contribution >= 4 is 27.5 Å². The molecule has 1 atom stereocenters. The molecule has 1 heterocycles. The second-order valence-electron chi connectivity index (χ2n) is 7.01. The van der Waals surface area contributed by atoms with Crippen LogP contribution < -0.4 is 4.74 Å². The number of amides is 1. The first kappa shape index (κ1) is 21.6. The summed E-state index contributed by atoms with van der Waals surface area (Å²) < 4.78 is 32.9. The van der Waals surface area contributed by atoms with E-state index in [1.54, 1.807) is 53.4 Å². The summed E-state index contributed by atoms with van der Waals surface area (Å²) in [4.78, 5) is 14.8. The molecule has 0 N–H and O–H groups in total. The Kier molecular flexibility index (Phi) is 6.82. The summed E-state index contributed by atoms with van der Waals surface area (Å²) in [6.07, 6.45) is -0.0972. The highest BCUT2D eigenvalue weighted by Gasteiger charge is 2.32. The predicted molar refractivity (Wildman–Crippen MR) is 113 cm³/mol. The molecule has 0 aromatic heterocycles. The molecule has 1 aliphatic rings. The third-order valence-electron chi connectivity index (χ3n) is 4.95. The first-order chi connectivity index (χ1) is 13.8. The number of carbonyl (C=O) groups is 1. The summed E-state index contributed by atoms with van der Waals surface area (Å²) in [6.45, 7) is 5.00. The number of rotatable bonds is 6. The molecule has 0 spiro atoms. The molecule has 0 bridgehead atoms. The maximum Gasteiger partial charge on any atom is 0.263 e. The molecule has 8 heteroatoms. The van der Waals surface area contributed by atoms with Crippen molar-refractivity contribution in [3.63, 3.8) is 0 Å². The molecule has 2 aromatic carbocycles. The summed E-state index contributed by atoms with van der Waals surface area (Å²) in [5.74, 6) is 0.449. The van der Waals surface area contributed by atoms with Crippen molar-refractivity contribution in [2.45, 2.75) is 31.3 Å². The van der Waals surface area contributed by atoms with Gasteiger partial charge in [0.2, 0.25) is 10.0 Å². The molecule has 156 valence electrons. The van der Waals surface area contributed by atoms with Crippen molar-refractivity contribution < 1.29 is 17.9 Å². The topological polar surface area (TPSA) is 66.9 Å². The van der Waals surface area contributed by atoms with Gasteiger partial charge in [-0.2, -0.15) is 4.31 Å². The van der Waals surface area contributed by atoms with Gasteiger partial charge in [-0.25, -0.2) is 8.42 Å². The van der Waals surface area contributed by atoms with Gasteiger partial charge >= 0.3 is 0 Å². The monoisotopic (exact) mass is 436 g/mol. The van der Waals surface area contributed by atoms with Crippen molar-refractivity contribution in [3.05, 3.63) is 59.1 Å². The molecule has 1 saturated heterocycles. The number of sulfonamides is 1. The van der Waals surface area contributed by atoms with Crippen molar-refractivity contribution in [3.8, 4) is 5.75 Å². The van der Waals surface area contributed by atoms with Crippen LogP contribution in [-0.4, -0.2) is 55.8 Å². The summed E-state index contributed by atoms with van der Waals surface area (Å²) in [5, 5.41) is 0.600. The second kappa shape index (κ2) is 9.15. The van der Waals surface area contributed by atoms with E-state index >= 15 is 0 Å². The molecular formula is C21H25ClN2O4S. The van der Waals surface area contributed by atoms with Gasteiger partial charge in [0.1, 0.15) is 5.75 Å². The van der Waals surface area contributed by atoms with Crippen LogP contribution in [0.1, 0.15) is 18.9 Å².